The van der Waals surface area contributed by atoms with Crippen LogP contribution in [0.25, 0.3) is 0 Å². The molecular weight excluding hydrogens is 573 g/mol. The van der Waals surface area contributed by atoms with E-state index in [1.807, 2.05) is 44.2 Å². The topological polar surface area (TPSA) is 96.0 Å². The Morgan fingerprint density at radius 1 is 0.950 bits per heavy atom. The highest BCUT2D eigenvalue weighted by molar-refractivity contribution is 7.92. The van der Waals surface area contributed by atoms with Crippen molar-refractivity contribution >= 4 is 50.7 Å². The van der Waals surface area contributed by atoms with Crippen LogP contribution in [0, 0.1) is 0 Å². The van der Waals surface area contributed by atoms with Crippen molar-refractivity contribution in [3.8, 4) is 5.75 Å². The molecule has 0 saturated carbocycles. The minimum absolute atomic E-state index is 0.0224. The fraction of sp³-hybridized carbons (Fsp3) is 0.310. The normalized spacial score (nSPS) is 12.1. The number of amides is 2. The quantitative estimate of drug-likeness (QED) is 0.303. The third-order valence-electron chi connectivity index (χ3n) is 6.01. The molecule has 0 spiro atoms. The number of sulfonamides is 1. The molecule has 0 unspecified atom stereocenters. The third kappa shape index (κ3) is 8.87. The smallest absolute Gasteiger partial charge is 0.244 e. The zero-order valence-corrected chi connectivity index (χ0v) is 25.1. The maximum Gasteiger partial charge on any atom is 0.244 e. The summed E-state index contributed by atoms with van der Waals surface area (Å²) in [5.74, 6) is -0.406. The number of carbonyl (C=O) groups excluding carboxylic acids is 2. The first-order valence-electron chi connectivity index (χ1n) is 12.6. The SMILES string of the molecule is CC(C)NC(=O)[C@H](C)N(Cc1ccc(Cl)cc1Cl)C(=O)CN(c1ccc(OCc2ccccc2)cc1)S(C)(=O)=O. The Kier molecular flexibility index (Phi) is 10.8. The van der Waals surface area contributed by atoms with E-state index in [4.69, 9.17) is 27.9 Å². The number of carbonyl (C=O) groups is 2. The maximum atomic E-state index is 13.7. The number of halogens is 2. The van der Waals surface area contributed by atoms with Crippen molar-refractivity contribution in [2.75, 3.05) is 17.1 Å². The van der Waals surface area contributed by atoms with Crippen molar-refractivity contribution in [1.82, 2.24) is 10.2 Å². The molecule has 3 aromatic rings. The van der Waals surface area contributed by atoms with E-state index in [-0.39, 0.29) is 24.2 Å². The van der Waals surface area contributed by atoms with Crippen LogP contribution < -0.4 is 14.4 Å². The lowest BCUT2D eigenvalue weighted by Gasteiger charge is -2.32. The second-order valence-corrected chi connectivity index (χ2v) is 12.4. The van der Waals surface area contributed by atoms with Gasteiger partial charge in [0.25, 0.3) is 0 Å². The summed E-state index contributed by atoms with van der Waals surface area (Å²) in [6.45, 7) is 5.02. The number of nitrogens with one attached hydrogen (secondary N) is 1. The van der Waals surface area contributed by atoms with Gasteiger partial charge < -0.3 is 15.0 Å². The molecule has 0 bridgehead atoms. The Balaban J connectivity index is 1.84. The van der Waals surface area contributed by atoms with Gasteiger partial charge in [-0.25, -0.2) is 8.42 Å². The largest absolute Gasteiger partial charge is 0.489 e. The van der Waals surface area contributed by atoms with Gasteiger partial charge in [-0.3, -0.25) is 13.9 Å². The van der Waals surface area contributed by atoms with Gasteiger partial charge >= 0.3 is 0 Å². The average molecular weight is 607 g/mol. The molecule has 214 valence electrons. The first kappa shape index (κ1) is 31.3. The van der Waals surface area contributed by atoms with Crippen LogP contribution in [-0.4, -0.2) is 50.0 Å². The number of ether oxygens (including phenoxy) is 1. The van der Waals surface area contributed by atoms with Crippen molar-refractivity contribution in [2.45, 2.75) is 46.0 Å². The molecule has 1 atom stereocenters. The summed E-state index contributed by atoms with van der Waals surface area (Å²) in [6, 6.07) is 19.9. The van der Waals surface area contributed by atoms with Gasteiger partial charge in [-0.15, -0.1) is 0 Å². The first-order valence-corrected chi connectivity index (χ1v) is 15.2. The minimum atomic E-state index is -3.87. The summed E-state index contributed by atoms with van der Waals surface area (Å²) in [7, 11) is -3.87. The molecule has 1 N–H and O–H groups in total. The first-order chi connectivity index (χ1) is 18.8. The number of anilines is 1. The van der Waals surface area contributed by atoms with Crippen LogP contribution in [0.5, 0.6) is 5.75 Å². The lowest BCUT2D eigenvalue weighted by Crippen LogP contribution is -2.52. The van der Waals surface area contributed by atoms with Gasteiger partial charge in [0, 0.05) is 22.6 Å². The fourth-order valence-electron chi connectivity index (χ4n) is 3.88. The molecule has 3 rings (SSSR count). The van der Waals surface area contributed by atoms with E-state index >= 15 is 0 Å². The average Bonchev–Trinajstić information content (AvgIpc) is 2.89. The lowest BCUT2D eigenvalue weighted by atomic mass is 10.1. The predicted molar refractivity (Wildman–Crippen MR) is 159 cm³/mol. The zero-order valence-electron chi connectivity index (χ0n) is 22.8. The number of rotatable bonds is 12. The van der Waals surface area contributed by atoms with Gasteiger partial charge in [0.05, 0.1) is 11.9 Å². The van der Waals surface area contributed by atoms with E-state index in [9.17, 15) is 18.0 Å². The number of hydrogen-bond donors (Lipinski definition) is 1. The molecule has 0 aromatic heterocycles. The van der Waals surface area contributed by atoms with Crippen LogP contribution in [0.2, 0.25) is 10.0 Å². The number of nitrogens with zero attached hydrogens (tertiary/aromatic N) is 2. The van der Waals surface area contributed by atoms with Crippen molar-refractivity contribution < 1.29 is 22.7 Å². The molecule has 0 aliphatic carbocycles. The minimum Gasteiger partial charge on any atom is -0.489 e. The van der Waals surface area contributed by atoms with Crippen molar-refractivity contribution in [2.24, 2.45) is 0 Å². The van der Waals surface area contributed by atoms with Crippen LogP contribution in [0.1, 0.15) is 31.9 Å². The Morgan fingerprint density at radius 2 is 1.60 bits per heavy atom. The molecular formula is C29H33Cl2N3O5S. The van der Waals surface area contributed by atoms with Gasteiger partial charge in [0.2, 0.25) is 21.8 Å². The van der Waals surface area contributed by atoms with Crippen molar-refractivity contribution in [1.29, 1.82) is 0 Å². The van der Waals surface area contributed by atoms with Gasteiger partial charge in [-0.1, -0.05) is 59.6 Å². The molecule has 0 saturated heterocycles. The highest BCUT2D eigenvalue weighted by Crippen LogP contribution is 2.25. The highest BCUT2D eigenvalue weighted by Gasteiger charge is 2.30. The molecule has 3 aromatic carbocycles. The number of benzene rings is 3. The van der Waals surface area contributed by atoms with E-state index < -0.39 is 28.5 Å². The van der Waals surface area contributed by atoms with Gasteiger partial charge in [0.1, 0.15) is 24.9 Å². The van der Waals surface area contributed by atoms with Crippen LogP contribution in [0.15, 0.2) is 72.8 Å². The van der Waals surface area contributed by atoms with E-state index in [1.165, 1.54) is 4.90 Å². The van der Waals surface area contributed by atoms with Crippen LogP contribution in [-0.2, 0) is 32.8 Å². The summed E-state index contributed by atoms with van der Waals surface area (Å²) in [4.78, 5) is 27.8. The van der Waals surface area contributed by atoms with Crippen LogP contribution in [0.3, 0.4) is 0 Å². The molecule has 40 heavy (non-hydrogen) atoms. The van der Waals surface area contributed by atoms with Crippen molar-refractivity contribution in [3.05, 3.63) is 94.0 Å². The summed E-state index contributed by atoms with van der Waals surface area (Å²) < 4.78 is 32.4. The fourth-order valence-corrected chi connectivity index (χ4v) is 5.20. The molecule has 11 heteroatoms. The molecule has 0 fully saturated rings. The van der Waals surface area contributed by atoms with Gasteiger partial charge in [-0.05, 0) is 68.3 Å². The van der Waals surface area contributed by atoms with Crippen LogP contribution >= 0.6 is 23.2 Å². The zero-order chi connectivity index (χ0) is 29.4. The lowest BCUT2D eigenvalue weighted by molar-refractivity contribution is -0.139. The van der Waals surface area contributed by atoms with Crippen molar-refractivity contribution in [3.63, 3.8) is 0 Å². The molecule has 8 nitrogen and oxygen atoms in total. The molecule has 0 radical (unpaired) electrons. The molecule has 0 aliphatic rings. The standard InChI is InChI=1S/C29H33Cl2N3O5S/c1-20(2)32-29(36)21(3)33(17-23-10-11-24(30)16-27(23)31)28(35)18-34(40(4,37)38)25-12-14-26(15-13-25)39-19-22-8-6-5-7-9-22/h5-16,20-21H,17-19H2,1-4H3,(H,32,36)/t21-/m0/s1. The second-order valence-electron chi connectivity index (χ2n) is 9.63. The maximum absolute atomic E-state index is 13.7. The Bertz CT molecular complexity index is 1420. The van der Waals surface area contributed by atoms with E-state index in [0.717, 1.165) is 16.1 Å². The van der Waals surface area contributed by atoms with Gasteiger partial charge in [-0.2, -0.15) is 0 Å². The third-order valence-corrected chi connectivity index (χ3v) is 7.73. The summed E-state index contributed by atoms with van der Waals surface area (Å²) in [5.41, 5.74) is 1.84. The van der Waals surface area contributed by atoms with E-state index in [2.05, 4.69) is 5.32 Å². The van der Waals surface area contributed by atoms with Gasteiger partial charge in [0.15, 0.2) is 0 Å². The number of hydrogen-bond acceptors (Lipinski definition) is 5. The van der Waals surface area contributed by atoms with E-state index in [1.54, 1.807) is 49.4 Å². The molecule has 2 amide bonds. The summed E-state index contributed by atoms with van der Waals surface area (Å²) in [5, 5.41) is 3.55. The molecule has 0 aliphatic heterocycles. The Morgan fingerprint density at radius 3 is 2.17 bits per heavy atom. The summed E-state index contributed by atoms with van der Waals surface area (Å²) in [6.07, 6.45) is 1.02. The Hall–Kier alpha value is -3.27. The molecule has 0 heterocycles. The summed E-state index contributed by atoms with van der Waals surface area (Å²) >= 11 is 12.4. The Labute approximate surface area is 245 Å². The second kappa shape index (κ2) is 13.9. The van der Waals surface area contributed by atoms with Crippen LogP contribution in [0.4, 0.5) is 5.69 Å². The van der Waals surface area contributed by atoms with E-state index in [0.29, 0.717) is 28.0 Å². The highest BCUT2D eigenvalue weighted by atomic mass is 35.5. The monoisotopic (exact) mass is 605 g/mol. The predicted octanol–water partition coefficient (Wildman–Crippen LogP) is 5.28.